The first kappa shape index (κ1) is 18.0. The fraction of sp³-hybridized carbons (Fsp3) is 0.263. The molecule has 2 heterocycles. The van der Waals surface area contributed by atoms with E-state index in [0.717, 1.165) is 46.4 Å². The van der Waals surface area contributed by atoms with Crippen molar-refractivity contribution in [1.82, 2.24) is 20.0 Å². The number of benzene rings is 1. The molecule has 0 aliphatic carbocycles. The summed E-state index contributed by atoms with van der Waals surface area (Å²) >= 11 is 1.78. The van der Waals surface area contributed by atoms with Crippen molar-refractivity contribution in [2.75, 3.05) is 17.6 Å². The number of aryl methyl sites for hydroxylation is 2. The highest BCUT2D eigenvalue weighted by Crippen LogP contribution is 2.16. The summed E-state index contributed by atoms with van der Waals surface area (Å²) in [5.74, 6) is 3.20. The van der Waals surface area contributed by atoms with Crippen LogP contribution >= 0.6 is 11.8 Å². The Morgan fingerprint density at radius 1 is 1.15 bits per heavy atom. The molecule has 6 nitrogen and oxygen atoms in total. The van der Waals surface area contributed by atoms with Crippen LogP contribution in [0.15, 0.2) is 42.5 Å². The van der Waals surface area contributed by atoms with Gasteiger partial charge in [-0.1, -0.05) is 18.2 Å². The minimum absolute atomic E-state index is 0.712. The standard InChI is InChI=1S/C19H20N6S/c1-14-11-15(2)25(24-14)19-8-7-18(22-23-19)21-9-10-26-13-17-6-4-3-5-16(17)12-20/h3-8,11H,9-10,13H2,1-2H3,(H,21,22). The minimum atomic E-state index is 0.712. The third-order valence-electron chi connectivity index (χ3n) is 3.82. The second-order valence-electron chi connectivity index (χ2n) is 5.86. The highest BCUT2D eigenvalue weighted by Gasteiger charge is 2.06. The van der Waals surface area contributed by atoms with Crippen LogP contribution in [0.25, 0.3) is 5.82 Å². The van der Waals surface area contributed by atoms with Gasteiger partial charge in [0.2, 0.25) is 0 Å². The number of thioether (sulfide) groups is 1. The van der Waals surface area contributed by atoms with Gasteiger partial charge in [-0.2, -0.15) is 22.1 Å². The maximum absolute atomic E-state index is 9.10. The molecule has 26 heavy (non-hydrogen) atoms. The first-order valence-corrected chi connectivity index (χ1v) is 9.50. The van der Waals surface area contributed by atoms with Gasteiger partial charge in [-0.3, -0.25) is 0 Å². The second kappa shape index (κ2) is 8.50. The SMILES string of the molecule is Cc1cc(C)n(-c2ccc(NCCSCc3ccccc3C#N)nn2)n1. The lowest BCUT2D eigenvalue weighted by atomic mass is 10.1. The zero-order chi connectivity index (χ0) is 18.4. The van der Waals surface area contributed by atoms with Crippen LogP contribution in [-0.2, 0) is 5.75 Å². The van der Waals surface area contributed by atoms with Gasteiger partial charge in [0.25, 0.3) is 0 Å². The zero-order valence-electron chi connectivity index (χ0n) is 14.8. The number of anilines is 1. The molecule has 0 aliphatic rings. The van der Waals surface area contributed by atoms with Gasteiger partial charge in [0.15, 0.2) is 5.82 Å². The lowest BCUT2D eigenvalue weighted by Gasteiger charge is -2.07. The average molecular weight is 364 g/mol. The summed E-state index contributed by atoms with van der Waals surface area (Å²) in [7, 11) is 0. The summed E-state index contributed by atoms with van der Waals surface area (Å²) in [6, 6.07) is 15.8. The summed E-state index contributed by atoms with van der Waals surface area (Å²) in [5.41, 5.74) is 3.82. The molecule has 7 heteroatoms. The van der Waals surface area contributed by atoms with E-state index >= 15 is 0 Å². The second-order valence-corrected chi connectivity index (χ2v) is 6.97. The molecule has 0 amide bonds. The molecular weight excluding hydrogens is 344 g/mol. The third-order valence-corrected chi connectivity index (χ3v) is 4.83. The maximum atomic E-state index is 9.10. The molecule has 0 saturated carbocycles. The van der Waals surface area contributed by atoms with Crippen molar-refractivity contribution < 1.29 is 0 Å². The summed E-state index contributed by atoms with van der Waals surface area (Å²) in [4.78, 5) is 0. The normalized spacial score (nSPS) is 10.5. The van der Waals surface area contributed by atoms with E-state index in [1.807, 2.05) is 56.3 Å². The summed E-state index contributed by atoms with van der Waals surface area (Å²) in [5, 5.41) is 25.2. The molecule has 0 unspecified atom stereocenters. The molecule has 0 bridgehead atoms. The summed E-state index contributed by atoms with van der Waals surface area (Å²) < 4.78 is 1.79. The van der Waals surface area contributed by atoms with E-state index in [0.29, 0.717) is 5.82 Å². The van der Waals surface area contributed by atoms with Crippen molar-refractivity contribution >= 4 is 17.6 Å². The van der Waals surface area contributed by atoms with Gasteiger partial charge in [0.05, 0.1) is 17.3 Å². The Morgan fingerprint density at radius 2 is 2.00 bits per heavy atom. The Balaban J connectivity index is 1.47. The van der Waals surface area contributed by atoms with Crippen LogP contribution < -0.4 is 5.32 Å². The number of nitrogens with zero attached hydrogens (tertiary/aromatic N) is 5. The van der Waals surface area contributed by atoms with E-state index in [2.05, 4.69) is 26.7 Å². The van der Waals surface area contributed by atoms with E-state index < -0.39 is 0 Å². The molecule has 0 fully saturated rings. The lowest BCUT2D eigenvalue weighted by molar-refractivity contribution is 0.782. The van der Waals surface area contributed by atoms with Gasteiger partial charge >= 0.3 is 0 Å². The quantitative estimate of drug-likeness (QED) is 0.647. The third kappa shape index (κ3) is 4.41. The predicted molar refractivity (Wildman–Crippen MR) is 104 cm³/mol. The number of nitrogens with one attached hydrogen (secondary N) is 1. The largest absolute Gasteiger partial charge is 0.368 e. The Hall–Kier alpha value is -2.85. The summed E-state index contributed by atoms with van der Waals surface area (Å²) in [6.07, 6.45) is 0. The van der Waals surface area contributed by atoms with Crippen molar-refractivity contribution in [2.24, 2.45) is 0 Å². The molecule has 0 saturated heterocycles. The van der Waals surface area contributed by atoms with Gasteiger partial charge in [0, 0.05) is 23.7 Å². The molecular formula is C19H20N6S. The van der Waals surface area contributed by atoms with Crippen molar-refractivity contribution in [3.05, 3.63) is 65.0 Å². The van der Waals surface area contributed by atoms with E-state index in [-0.39, 0.29) is 0 Å². The van der Waals surface area contributed by atoms with Crippen molar-refractivity contribution in [2.45, 2.75) is 19.6 Å². The first-order valence-electron chi connectivity index (χ1n) is 8.34. The molecule has 0 atom stereocenters. The van der Waals surface area contributed by atoms with Crippen molar-refractivity contribution in [3.63, 3.8) is 0 Å². The lowest BCUT2D eigenvalue weighted by Crippen LogP contribution is -2.09. The smallest absolute Gasteiger partial charge is 0.176 e. The number of hydrogen-bond donors (Lipinski definition) is 1. The molecule has 0 spiro atoms. The van der Waals surface area contributed by atoms with Crippen LogP contribution in [0.2, 0.25) is 0 Å². The molecule has 1 N–H and O–H groups in total. The Labute approximate surface area is 157 Å². The molecule has 132 valence electrons. The highest BCUT2D eigenvalue weighted by atomic mass is 32.2. The zero-order valence-corrected chi connectivity index (χ0v) is 15.6. The van der Waals surface area contributed by atoms with Crippen molar-refractivity contribution in [1.29, 1.82) is 5.26 Å². The van der Waals surface area contributed by atoms with Gasteiger partial charge in [-0.25, -0.2) is 4.68 Å². The monoisotopic (exact) mass is 364 g/mol. The average Bonchev–Trinajstić information content (AvgIpc) is 3.00. The van der Waals surface area contributed by atoms with Gasteiger partial charge in [0.1, 0.15) is 5.82 Å². The Kier molecular flexibility index (Phi) is 5.87. The summed E-state index contributed by atoms with van der Waals surface area (Å²) in [6.45, 7) is 4.74. The van der Waals surface area contributed by atoms with E-state index in [1.165, 1.54) is 0 Å². The molecule has 3 aromatic rings. The van der Waals surface area contributed by atoms with Crippen LogP contribution in [0.4, 0.5) is 5.82 Å². The Morgan fingerprint density at radius 3 is 2.69 bits per heavy atom. The van der Waals surface area contributed by atoms with Gasteiger partial charge in [-0.15, -0.1) is 10.2 Å². The van der Waals surface area contributed by atoms with Crippen molar-refractivity contribution in [3.8, 4) is 11.9 Å². The van der Waals surface area contributed by atoms with Crippen LogP contribution in [0.3, 0.4) is 0 Å². The van der Waals surface area contributed by atoms with E-state index in [1.54, 1.807) is 16.4 Å². The van der Waals surface area contributed by atoms with Gasteiger partial charge in [-0.05, 0) is 43.7 Å². The minimum Gasteiger partial charge on any atom is -0.368 e. The van der Waals surface area contributed by atoms with Crippen LogP contribution in [0.1, 0.15) is 22.5 Å². The molecule has 2 aromatic heterocycles. The van der Waals surface area contributed by atoms with Crippen LogP contribution in [0, 0.1) is 25.2 Å². The molecule has 0 radical (unpaired) electrons. The molecule has 3 rings (SSSR count). The highest BCUT2D eigenvalue weighted by molar-refractivity contribution is 7.98. The fourth-order valence-electron chi connectivity index (χ4n) is 2.58. The van der Waals surface area contributed by atoms with E-state index in [9.17, 15) is 0 Å². The number of rotatable bonds is 7. The molecule has 0 aliphatic heterocycles. The Bertz CT molecular complexity index is 911. The fourth-order valence-corrected chi connectivity index (χ4v) is 3.44. The number of aromatic nitrogens is 4. The first-order chi connectivity index (χ1) is 12.7. The predicted octanol–water partition coefficient (Wildman–Crippen LogP) is 3.50. The van der Waals surface area contributed by atoms with Gasteiger partial charge < -0.3 is 5.32 Å². The number of hydrogen-bond acceptors (Lipinski definition) is 6. The van der Waals surface area contributed by atoms with E-state index in [4.69, 9.17) is 5.26 Å². The van der Waals surface area contributed by atoms with Crippen LogP contribution in [0.5, 0.6) is 0 Å². The maximum Gasteiger partial charge on any atom is 0.176 e. The number of nitriles is 1. The molecule has 1 aromatic carbocycles. The topological polar surface area (TPSA) is 79.4 Å². The van der Waals surface area contributed by atoms with Crippen LogP contribution in [-0.4, -0.2) is 32.3 Å².